The number of halogens is 1. The van der Waals surface area contributed by atoms with Crippen molar-refractivity contribution in [2.24, 2.45) is 0 Å². The Bertz CT molecular complexity index is 506. The number of amides is 1. The summed E-state index contributed by atoms with van der Waals surface area (Å²) in [7, 11) is 0. The molecule has 0 radical (unpaired) electrons. The van der Waals surface area contributed by atoms with Crippen LogP contribution in [0.2, 0.25) is 0 Å². The Morgan fingerprint density at radius 1 is 1.38 bits per heavy atom. The highest BCUT2D eigenvalue weighted by atomic mass is 19.1. The average Bonchev–Trinajstić information content (AvgIpc) is 2.77. The normalized spacial score (nSPS) is 10.1. The SMILES string of the molecule is Cc1cc(NC(=O)c2ccco2)ccc1F. The van der Waals surface area contributed by atoms with Crippen LogP contribution in [0.5, 0.6) is 0 Å². The summed E-state index contributed by atoms with van der Waals surface area (Å²) in [5.74, 6) is -0.422. The van der Waals surface area contributed by atoms with E-state index >= 15 is 0 Å². The molecule has 4 heteroatoms. The Hall–Kier alpha value is -2.10. The molecule has 2 aromatic rings. The van der Waals surface area contributed by atoms with E-state index in [0.717, 1.165) is 0 Å². The van der Waals surface area contributed by atoms with Crippen LogP contribution >= 0.6 is 0 Å². The first-order chi connectivity index (χ1) is 7.66. The molecule has 1 amide bonds. The third-order valence-electron chi connectivity index (χ3n) is 2.16. The first kappa shape index (κ1) is 10.4. The molecule has 0 atom stereocenters. The van der Waals surface area contributed by atoms with Crippen molar-refractivity contribution in [3.8, 4) is 0 Å². The number of anilines is 1. The van der Waals surface area contributed by atoms with Gasteiger partial charge < -0.3 is 9.73 Å². The molecule has 0 aliphatic rings. The molecule has 0 bridgehead atoms. The highest BCUT2D eigenvalue weighted by molar-refractivity contribution is 6.02. The van der Waals surface area contributed by atoms with Crippen LogP contribution in [-0.4, -0.2) is 5.91 Å². The molecule has 0 aliphatic heterocycles. The van der Waals surface area contributed by atoms with Crippen molar-refractivity contribution in [3.05, 3.63) is 53.7 Å². The third-order valence-corrected chi connectivity index (χ3v) is 2.16. The lowest BCUT2D eigenvalue weighted by molar-refractivity contribution is 0.0996. The van der Waals surface area contributed by atoms with Crippen molar-refractivity contribution < 1.29 is 13.6 Å². The minimum atomic E-state index is -0.351. The average molecular weight is 219 g/mol. The van der Waals surface area contributed by atoms with Crippen LogP contribution in [0.25, 0.3) is 0 Å². The van der Waals surface area contributed by atoms with Crippen LogP contribution in [0, 0.1) is 12.7 Å². The molecule has 0 saturated carbocycles. The van der Waals surface area contributed by atoms with Crippen molar-refractivity contribution in [1.29, 1.82) is 0 Å². The minimum absolute atomic E-state index is 0.224. The van der Waals surface area contributed by atoms with Crippen LogP contribution < -0.4 is 5.32 Å². The van der Waals surface area contributed by atoms with Gasteiger partial charge in [-0.3, -0.25) is 4.79 Å². The number of carbonyl (C=O) groups excluding carboxylic acids is 1. The molecule has 82 valence electrons. The first-order valence-electron chi connectivity index (χ1n) is 4.78. The lowest BCUT2D eigenvalue weighted by Crippen LogP contribution is -2.10. The lowest BCUT2D eigenvalue weighted by Gasteiger charge is -2.04. The van der Waals surface area contributed by atoms with E-state index in [0.29, 0.717) is 11.3 Å². The quantitative estimate of drug-likeness (QED) is 0.843. The van der Waals surface area contributed by atoms with Crippen molar-refractivity contribution in [2.45, 2.75) is 6.92 Å². The summed E-state index contributed by atoms with van der Waals surface area (Å²) in [5.41, 5.74) is 1.03. The number of carbonyl (C=O) groups is 1. The van der Waals surface area contributed by atoms with Crippen LogP contribution in [0.15, 0.2) is 41.0 Å². The maximum Gasteiger partial charge on any atom is 0.291 e. The first-order valence-corrected chi connectivity index (χ1v) is 4.78. The maximum absolute atomic E-state index is 13.0. The van der Waals surface area contributed by atoms with Crippen LogP contribution in [0.3, 0.4) is 0 Å². The van der Waals surface area contributed by atoms with Gasteiger partial charge in [0, 0.05) is 5.69 Å². The molecular weight excluding hydrogens is 209 g/mol. The molecule has 0 saturated heterocycles. The standard InChI is InChI=1S/C12H10FNO2/c1-8-7-9(4-5-10(8)13)14-12(15)11-3-2-6-16-11/h2-7H,1H3,(H,14,15). The predicted molar refractivity (Wildman–Crippen MR) is 57.8 cm³/mol. The Kier molecular flexibility index (Phi) is 2.72. The van der Waals surface area contributed by atoms with Gasteiger partial charge in [-0.2, -0.15) is 0 Å². The second kappa shape index (κ2) is 4.18. The zero-order valence-electron chi connectivity index (χ0n) is 8.66. The largest absolute Gasteiger partial charge is 0.459 e. The van der Waals surface area contributed by atoms with Crippen LogP contribution in [0.4, 0.5) is 10.1 Å². The summed E-state index contributed by atoms with van der Waals surface area (Å²) in [6.07, 6.45) is 1.42. The molecule has 0 aliphatic carbocycles. The van der Waals surface area contributed by atoms with Crippen LogP contribution in [-0.2, 0) is 0 Å². The molecule has 0 spiro atoms. The van der Waals surface area contributed by atoms with Gasteiger partial charge in [-0.1, -0.05) is 0 Å². The molecule has 1 aromatic heterocycles. The summed E-state index contributed by atoms with van der Waals surface area (Å²) >= 11 is 0. The summed E-state index contributed by atoms with van der Waals surface area (Å²) in [6.45, 7) is 1.64. The number of nitrogens with one attached hydrogen (secondary N) is 1. The van der Waals surface area contributed by atoms with Gasteiger partial charge in [0.05, 0.1) is 6.26 Å². The summed E-state index contributed by atoms with van der Waals surface area (Å²) < 4.78 is 17.9. The van der Waals surface area contributed by atoms with Gasteiger partial charge in [0.1, 0.15) is 5.82 Å². The molecule has 1 heterocycles. The predicted octanol–water partition coefficient (Wildman–Crippen LogP) is 2.98. The zero-order valence-corrected chi connectivity index (χ0v) is 8.66. The van der Waals surface area contributed by atoms with E-state index in [-0.39, 0.29) is 17.5 Å². The maximum atomic E-state index is 13.0. The van der Waals surface area contributed by atoms with Gasteiger partial charge in [-0.05, 0) is 42.8 Å². The minimum Gasteiger partial charge on any atom is -0.459 e. The summed E-state index contributed by atoms with van der Waals surface area (Å²) in [5, 5.41) is 2.61. The Morgan fingerprint density at radius 2 is 2.19 bits per heavy atom. The van der Waals surface area contributed by atoms with E-state index in [1.54, 1.807) is 25.1 Å². The van der Waals surface area contributed by atoms with Crippen molar-refractivity contribution >= 4 is 11.6 Å². The van der Waals surface area contributed by atoms with Crippen LogP contribution in [0.1, 0.15) is 16.1 Å². The number of furan rings is 1. The van der Waals surface area contributed by atoms with E-state index < -0.39 is 0 Å². The fraction of sp³-hybridized carbons (Fsp3) is 0.0833. The number of hydrogen-bond donors (Lipinski definition) is 1. The molecular formula is C12H10FNO2. The Labute approximate surface area is 91.9 Å². The third kappa shape index (κ3) is 2.11. The van der Waals surface area contributed by atoms with E-state index in [2.05, 4.69) is 5.32 Å². The monoisotopic (exact) mass is 219 g/mol. The number of aryl methyl sites for hydroxylation is 1. The summed E-state index contributed by atoms with van der Waals surface area (Å²) in [4.78, 5) is 11.6. The number of benzene rings is 1. The van der Waals surface area contributed by atoms with Gasteiger partial charge in [-0.25, -0.2) is 4.39 Å². The lowest BCUT2D eigenvalue weighted by atomic mass is 10.2. The van der Waals surface area contributed by atoms with E-state index in [9.17, 15) is 9.18 Å². The van der Waals surface area contributed by atoms with E-state index in [4.69, 9.17) is 4.42 Å². The Balaban J connectivity index is 2.15. The van der Waals surface area contributed by atoms with Gasteiger partial charge in [0.25, 0.3) is 5.91 Å². The van der Waals surface area contributed by atoms with Crippen molar-refractivity contribution in [3.63, 3.8) is 0 Å². The highest BCUT2D eigenvalue weighted by Gasteiger charge is 2.09. The van der Waals surface area contributed by atoms with Crippen molar-refractivity contribution in [1.82, 2.24) is 0 Å². The molecule has 2 rings (SSSR count). The molecule has 1 N–H and O–H groups in total. The second-order valence-corrected chi connectivity index (χ2v) is 3.40. The molecule has 16 heavy (non-hydrogen) atoms. The summed E-state index contributed by atoms with van der Waals surface area (Å²) in [6, 6.07) is 7.57. The second-order valence-electron chi connectivity index (χ2n) is 3.40. The van der Waals surface area contributed by atoms with Gasteiger partial charge in [-0.15, -0.1) is 0 Å². The van der Waals surface area contributed by atoms with Gasteiger partial charge >= 0.3 is 0 Å². The fourth-order valence-electron chi connectivity index (χ4n) is 1.32. The van der Waals surface area contributed by atoms with E-state index in [1.165, 1.54) is 18.4 Å². The zero-order chi connectivity index (χ0) is 11.5. The molecule has 3 nitrogen and oxygen atoms in total. The highest BCUT2D eigenvalue weighted by Crippen LogP contribution is 2.14. The number of hydrogen-bond acceptors (Lipinski definition) is 2. The number of rotatable bonds is 2. The molecule has 1 aromatic carbocycles. The fourth-order valence-corrected chi connectivity index (χ4v) is 1.32. The molecule has 0 fully saturated rings. The smallest absolute Gasteiger partial charge is 0.291 e. The van der Waals surface area contributed by atoms with Gasteiger partial charge in [0.2, 0.25) is 0 Å². The molecule has 0 unspecified atom stereocenters. The van der Waals surface area contributed by atoms with Gasteiger partial charge in [0.15, 0.2) is 5.76 Å². The van der Waals surface area contributed by atoms with E-state index in [1.807, 2.05) is 0 Å². The topological polar surface area (TPSA) is 42.2 Å². The Morgan fingerprint density at radius 3 is 2.81 bits per heavy atom. The van der Waals surface area contributed by atoms with Crippen molar-refractivity contribution in [2.75, 3.05) is 5.32 Å².